The van der Waals surface area contributed by atoms with Gasteiger partial charge < -0.3 is 10.2 Å². The molecule has 1 aliphatic carbocycles. The second-order valence-electron chi connectivity index (χ2n) is 6.46. The summed E-state index contributed by atoms with van der Waals surface area (Å²) in [6.07, 6.45) is 5.34. The molecule has 1 aliphatic heterocycles. The molecule has 108 valence electrons. The van der Waals surface area contributed by atoms with Crippen LogP contribution in [0.15, 0.2) is 0 Å². The summed E-state index contributed by atoms with van der Waals surface area (Å²) in [5, 5.41) is 2.85. The van der Waals surface area contributed by atoms with Gasteiger partial charge in [-0.2, -0.15) is 0 Å². The molecular weight excluding hydrogens is 240 g/mol. The predicted octanol–water partition coefficient (Wildman–Crippen LogP) is 1.94. The van der Waals surface area contributed by atoms with Gasteiger partial charge in [-0.25, -0.2) is 0 Å². The molecule has 19 heavy (non-hydrogen) atoms. The molecule has 4 heteroatoms. The summed E-state index contributed by atoms with van der Waals surface area (Å²) < 4.78 is 0. The topological polar surface area (TPSA) is 49.4 Å². The Labute approximate surface area is 115 Å². The summed E-state index contributed by atoms with van der Waals surface area (Å²) in [4.78, 5) is 26.2. The Morgan fingerprint density at radius 1 is 1.26 bits per heavy atom. The number of piperazine rings is 1. The first-order valence-corrected chi connectivity index (χ1v) is 7.61. The highest BCUT2D eigenvalue weighted by molar-refractivity contribution is 5.95. The molecule has 2 rings (SSSR count). The highest BCUT2D eigenvalue weighted by Crippen LogP contribution is 2.35. The van der Waals surface area contributed by atoms with Gasteiger partial charge in [0.15, 0.2) is 0 Å². The lowest BCUT2D eigenvalue weighted by Gasteiger charge is -2.38. The van der Waals surface area contributed by atoms with Crippen molar-refractivity contribution in [1.82, 2.24) is 10.2 Å². The summed E-state index contributed by atoms with van der Waals surface area (Å²) in [5.74, 6) is 1.32. The van der Waals surface area contributed by atoms with Crippen LogP contribution in [0.4, 0.5) is 0 Å². The number of hydrogen-bond donors (Lipinski definition) is 1. The van der Waals surface area contributed by atoms with Gasteiger partial charge in [0.2, 0.25) is 11.8 Å². The minimum Gasteiger partial charge on any atom is -0.343 e. The van der Waals surface area contributed by atoms with Gasteiger partial charge in [0, 0.05) is 6.04 Å². The van der Waals surface area contributed by atoms with Crippen molar-refractivity contribution in [3.63, 3.8) is 0 Å². The maximum absolute atomic E-state index is 12.5. The Morgan fingerprint density at radius 2 is 1.95 bits per heavy atom. The Kier molecular flexibility index (Phi) is 4.48. The van der Waals surface area contributed by atoms with Gasteiger partial charge in [-0.3, -0.25) is 9.59 Å². The molecular formula is C15H26N2O2. The van der Waals surface area contributed by atoms with Crippen molar-refractivity contribution in [1.29, 1.82) is 0 Å². The van der Waals surface area contributed by atoms with Crippen LogP contribution in [-0.2, 0) is 9.59 Å². The second kappa shape index (κ2) is 5.93. The van der Waals surface area contributed by atoms with Crippen LogP contribution < -0.4 is 5.32 Å². The summed E-state index contributed by atoms with van der Waals surface area (Å²) in [6.45, 7) is 6.53. The van der Waals surface area contributed by atoms with Gasteiger partial charge in [0.25, 0.3) is 0 Å². The number of nitrogens with one attached hydrogen (secondary N) is 1. The maximum Gasteiger partial charge on any atom is 0.245 e. The van der Waals surface area contributed by atoms with Gasteiger partial charge in [0.05, 0.1) is 6.54 Å². The van der Waals surface area contributed by atoms with Crippen LogP contribution in [-0.4, -0.2) is 35.3 Å². The molecule has 1 saturated carbocycles. The first-order valence-electron chi connectivity index (χ1n) is 7.61. The summed E-state index contributed by atoms with van der Waals surface area (Å²) in [6, 6.07) is -0.0600. The van der Waals surface area contributed by atoms with E-state index in [1.54, 1.807) is 0 Å². The standard InChI is InChI=1S/C15H26N2O2/c1-4-12(8-11-5-6-11)17-9-14(18)16-13(15(17)19)7-10(2)3/h10-13H,4-9H2,1-3H3,(H,16,18). The number of hydrogen-bond acceptors (Lipinski definition) is 2. The van der Waals surface area contributed by atoms with Gasteiger partial charge in [-0.05, 0) is 31.1 Å². The van der Waals surface area contributed by atoms with E-state index in [0.717, 1.165) is 25.2 Å². The molecule has 0 bridgehead atoms. The molecule has 0 aromatic heterocycles. The molecule has 1 N–H and O–H groups in total. The predicted molar refractivity (Wildman–Crippen MR) is 74.5 cm³/mol. The zero-order valence-electron chi connectivity index (χ0n) is 12.3. The van der Waals surface area contributed by atoms with Crippen LogP contribution in [0, 0.1) is 11.8 Å². The molecule has 2 amide bonds. The second-order valence-corrected chi connectivity index (χ2v) is 6.46. The monoisotopic (exact) mass is 266 g/mol. The van der Waals surface area contributed by atoms with Crippen molar-refractivity contribution in [2.24, 2.45) is 11.8 Å². The molecule has 2 fully saturated rings. The third-order valence-electron chi connectivity index (χ3n) is 4.15. The third-order valence-corrected chi connectivity index (χ3v) is 4.15. The number of carbonyl (C=O) groups excluding carboxylic acids is 2. The molecule has 0 radical (unpaired) electrons. The van der Waals surface area contributed by atoms with E-state index < -0.39 is 0 Å². The summed E-state index contributed by atoms with van der Waals surface area (Å²) >= 11 is 0. The SMILES string of the molecule is CCC(CC1CC1)N1CC(=O)NC(CC(C)C)C1=O. The molecule has 1 heterocycles. The number of rotatable bonds is 6. The van der Waals surface area contributed by atoms with Crippen LogP contribution in [0.3, 0.4) is 0 Å². The first-order chi connectivity index (χ1) is 9.01. The Balaban J connectivity index is 2.03. The first kappa shape index (κ1) is 14.4. The van der Waals surface area contributed by atoms with Crippen molar-refractivity contribution in [2.75, 3.05) is 6.54 Å². The minimum atomic E-state index is -0.311. The zero-order valence-corrected chi connectivity index (χ0v) is 12.3. The van der Waals surface area contributed by atoms with Gasteiger partial charge >= 0.3 is 0 Å². The lowest BCUT2D eigenvalue weighted by Crippen LogP contribution is -2.60. The van der Waals surface area contributed by atoms with Crippen molar-refractivity contribution < 1.29 is 9.59 Å². The molecule has 2 atom stereocenters. The Bertz CT molecular complexity index is 350. The molecule has 2 unspecified atom stereocenters. The molecule has 0 aromatic rings. The summed E-state index contributed by atoms with van der Waals surface area (Å²) in [5.41, 5.74) is 0. The lowest BCUT2D eigenvalue weighted by molar-refractivity contribution is -0.147. The third kappa shape index (κ3) is 3.71. The van der Waals surface area contributed by atoms with Crippen LogP contribution in [0.25, 0.3) is 0 Å². The van der Waals surface area contributed by atoms with Crippen molar-refractivity contribution in [3.8, 4) is 0 Å². The fraction of sp³-hybridized carbons (Fsp3) is 0.867. The average Bonchev–Trinajstić information content (AvgIpc) is 3.14. The van der Waals surface area contributed by atoms with E-state index in [1.165, 1.54) is 12.8 Å². The highest BCUT2D eigenvalue weighted by Gasteiger charge is 2.38. The van der Waals surface area contributed by atoms with Crippen LogP contribution in [0.5, 0.6) is 0 Å². The zero-order chi connectivity index (χ0) is 14.0. The smallest absolute Gasteiger partial charge is 0.245 e. The number of nitrogens with zero attached hydrogens (tertiary/aromatic N) is 1. The largest absolute Gasteiger partial charge is 0.343 e. The normalized spacial score (nSPS) is 25.7. The van der Waals surface area contributed by atoms with Crippen LogP contribution in [0.2, 0.25) is 0 Å². The highest BCUT2D eigenvalue weighted by atomic mass is 16.2. The van der Waals surface area contributed by atoms with E-state index in [0.29, 0.717) is 5.92 Å². The van der Waals surface area contributed by atoms with E-state index in [4.69, 9.17) is 0 Å². The van der Waals surface area contributed by atoms with Crippen molar-refractivity contribution in [3.05, 3.63) is 0 Å². The molecule has 0 aromatic carbocycles. The molecule has 2 aliphatic rings. The summed E-state index contributed by atoms with van der Waals surface area (Å²) in [7, 11) is 0. The van der Waals surface area contributed by atoms with E-state index >= 15 is 0 Å². The molecule has 1 saturated heterocycles. The lowest BCUT2D eigenvalue weighted by atomic mass is 9.98. The van der Waals surface area contributed by atoms with E-state index in [2.05, 4.69) is 26.1 Å². The fourth-order valence-electron chi connectivity index (χ4n) is 2.93. The number of amides is 2. The minimum absolute atomic E-state index is 0.000466. The van der Waals surface area contributed by atoms with Gasteiger partial charge in [-0.15, -0.1) is 0 Å². The fourth-order valence-corrected chi connectivity index (χ4v) is 2.93. The van der Waals surface area contributed by atoms with E-state index in [-0.39, 0.29) is 30.4 Å². The van der Waals surface area contributed by atoms with Crippen LogP contribution in [0.1, 0.15) is 52.9 Å². The van der Waals surface area contributed by atoms with Crippen LogP contribution >= 0.6 is 0 Å². The van der Waals surface area contributed by atoms with Gasteiger partial charge in [0.1, 0.15) is 6.04 Å². The van der Waals surface area contributed by atoms with Crippen molar-refractivity contribution >= 4 is 11.8 Å². The van der Waals surface area contributed by atoms with E-state index in [9.17, 15) is 9.59 Å². The van der Waals surface area contributed by atoms with Crippen molar-refractivity contribution in [2.45, 2.75) is 65.0 Å². The Hall–Kier alpha value is -1.06. The molecule has 4 nitrogen and oxygen atoms in total. The maximum atomic E-state index is 12.5. The quantitative estimate of drug-likeness (QED) is 0.798. The average molecular weight is 266 g/mol. The Morgan fingerprint density at radius 3 is 2.47 bits per heavy atom. The van der Waals surface area contributed by atoms with Gasteiger partial charge in [-0.1, -0.05) is 33.6 Å². The number of carbonyl (C=O) groups is 2. The van der Waals surface area contributed by atoms with E-state index in [1.807, 2.05) is 4.90 Å². The molecule has 0 spiro atoms.